The summed E-state index contributed by atoms with van der Waals surface area (Å²) >= 11 is 0. The Bertz CT molecular complexity index is 490. The van der Waals surface area contributed by atoms with E-state index in [9.17, 15) is 8.42 Å². The van der Waals surface area contributed by atoms with Gasteiger partial charge in [-0.05, 0) is 31.9 Å². The normalized spacial score (nSPS) is 17.5. The predicted octanol–water partition coefficient (Wildman–Crippen LogP) is 1.54. The zero-order chi connectivity index (χ0) is 13.7. The lowest BCUT2D eigenvalue weighted by atomic mass is 10.1. The maximum Gasteiger partial charge on any atom is 0.179 e. The topological polar surface area (TPSA) is 55.4 Å². The molecule has 0 unspecified atom stereocenters. The van der Waals surface area contributed by atoms with Crippen LogP contribution in [0.25, 0.3) is 0 Å². The lowest BCUT2D eigenvalue weighted by Gasteiger charge is -2.23. The van der Waals surface area contributed by atoms with Crippen LogP contribution in [0, 0.1) is 6.92 Å². The zero-order valence-electron chi connectivity index (χ0n) is 11.3. The predicted molar refractivity (Wildman–Crippen MR) is 75.1 cm³/mol. The molecule has 1 saturated heterocycles. The highest BCUT2D eigenvalue weighted by atomic mass is 32.2. The van der Waals surface area contributed by atoms with E-state index in [-0.39, 0.29) is 5.75 Å². The monoisotopic (exact) mass is 283 g/mol. The Morgan fingerprint density at radius 3 is 2.47 bits per heavy atom. The second kappa shape index (κ2) is 6.50. The lowest BCUT2D eigenvalue weighted by Crippen LogP contribution is -2.37. The van der Waals surface area contributed by atoms with Gasteiger partial charge in [0.2, 0.25) is 0 Å². The first-order valence-electron chi connectivity index (χ1n) is 6.68. The average Bonchev–Trinajstić information content (AvgIpc) is 2.40. The van der Waals surface area contributed by atoms with Crippen molar-refractivity contribution >= 4 is 9.84 Å². The zero-order valence-corrected chi connectivity index (χ0v) is 12.1. The molecule has 0 amide bonds. The van der Waals surface area contributed by atoms with Crippen LogP contribution < -0.4 is 5.32 Å². The second-order valence-electron chi connectivity index (χ2n) is 4.97. The molecule has 1 aliphatic rings. The molecule has 4 nitrogen and oxygen atoms in total. The van der Waals surface area contributed by atoms with E-state index in [1.165, 1.54) is 0 Å². The quantitative estimate of drug-likeness (QED) is 0.890. The van der Waals surface area contributed by atoms with E-state index in [4.69, 9.17) is 4.74 Å². The van der Waals surface area contributed by atoms with Crippen LogP contribution in [0.4, 0.5) is 0 Å². The van der Waals surface area contributed by atoms with E-state index in [2.05, 4.69) is 5.32 Å². The van der Waals surface area contributed by atoms with Gasteiger partial charge >= 0.3 is 0 Å². The Labute approximate surface area is 115 Å². The van der Waals surface area contributed by atoms with Crippen molar-refractivity contribution < 1.29 is 13.2 Å². The maximum absolute atomic E-state index is 12.1. The summed E-state index contributed by atoms with van der Waals surface area (Å²) < 4.78 is 29.5. The molecule has 1 heterocycles. The minimum absolute atomic E-state index is 0.146. The van der Waals surface area contributed by atoms with Crippen LogP contribution in [-0.4, -0.2) is 40.0 Å². The molecule has 0 atom stereocenters. The van der Waals surface area contributed by atoms with E-state index in [1.807, 2.05) is 19.1 Å². The minimum atomic E-state index is -3.17. The molecule has 0 saturated carbocycles. The minimum Gasteiger partial charge on any atom is -0.381 e. The highest BCUT2D eigenvalue weighted by molar-refractivity contribution is 7.91. The summed E-state index contributed by atoms with van der Waals surface area (Å²) in [4.78, 5) is 0.409. The summed E-state index contributed by atoms with van der Waals surface area (Å²) in [6.07, 6.45) is 1.93. The molecule has 0 bridgehead atoms. The summed E-state index contributed by atoms with van der Waals surface area (Å²) in [5.74, 6) is 0.146. The first-order valence-corrected chi connectivity index (χ1v) is 8.34. The van der Waals surface area contributed by atoms with Crippen molar-refractivity contribution in [3.8, 4) is 0 Å². The Morgan fingerprint density at radius 2 is 1.84 bits per heavy atom. The summed E-state index contributed by atoms with van der Waals surface area (Å²) in [6.45, 7) is 3.98. The van der Waals surface area contributed by atoms with Crippen LogP contribution in [0.15, 0.2) is 29.2 Å². The van der Waals surface area contributed by atoms with E-state index in [1.54, 1.807) is 12.1 Å². The molecule has 1 N–H and O–H groups in total. The third-order valence-electron chi connectivity index (χ3n) is 3.41. The first kappa shape index (κ1) is 14.5. The van der Waals surface area contributed by atoms with Gasteiger partial charge in [0, 0.05) is 25.8 Å². The first-order chi connectivity index (χ1) is 9.08. The largest absolute Gasteiger partial charge is 0.381 e. The van der Waals surface area contributed by atoms with E-state index < -0.39 is 9.84 Å². The van der Waals surface area contributed by atoms with Gasteiger partial charge in [0.15, 0.2) is 9.84 Å². The number of ether oxygens (including phenoxy) is 1. The fourth-order valence-electron chi connectivity index (χ4n) is 2.16. The van der Waals surface area contributed by atoms with Gasteiger partial charge in [-0.25, -0.2) is 8.42 Å². The lowest BCUT2D eigenvalue weighted by molar-refractivity contribution is 0.0785. The van der Waals surface area contributed by atoms with Crippen molar-refractivity contribution in [2.75, 3.05) is 25.5 Å². The summed E-state index contributed by atoms with van der Waals surface area (Å²) in [6, 6.07) is 7.41. The van der Waals surface area contributed by atoms with Crippen molar-refractivity contribution in [2.45, 2.75) is 30.7 Å². The molecular weight excluding hydrogens is 262 g/mol. The van der Waals surface area contributed by atoms with E-state index >= 15 is 0 Å². The molecule has 0 aromatic heterocycles. The van der Waals surface area contributed by atoms with Crippen molar-refractivity contribution in [2.24, 2.45) is 0 Å². The molecule has 0 aliphatic carbocycles. The third-order valence-corrected chi connectivity index (χ3v) is 5.14. The van der Waals surface area contributed by atoms with E-state index in [0.29, 0.717) is 17.5 Å². The Morgan fingerprint density at radius 1 is 1.21 bits per heavy atom. The highest BCUT2D eigenvalue weighted by Crippen LogP contribution is 2.12. The van der Waals surface area contributed by atoms with Gasteiger partial charge in [-0.1, -0.05) is 17.7 Å². The molecule has 2 rings (SSSR count). The molecule has 0 radical (unpaired) electrons. The summed E-state index contributed by atoms with van der Waals surface area (Å²) in [5.41, 5.74) is 1.07. The Hall–Kier alpha value is -0.910. The molecule has 1 fully saturated rings. The van der Waals surface area contributed by atoms with Gasteiger partial charge in [0.05, 0.1) is 10.6 Å². The van der Waals surface area contributed by atoms with Gasteiger partial charge in [0.25, 0.3) is 0 Å². The fraction of sp³-hybridized carbons (Fsp3) is 0.571. The van der Waals surface area contributed by atoms with Crippen molar-refractivity contribution in [3.63, 3.8) is 0 Å². The Kier molecular flexibility index (Phi) is 4.96. The Balaban J connectivity index is 1.85. The molecule has 0 spiro atoms. The number of aryl methyl sites for hydroxylation is 1. The molecule has 1 aromatic rings. The summed E-state index contributed by atoms with van der Waals surface area (Å²) in [5, 5.41) is 3.30. The molecular formula is C14H21NO3S. The standard InChI is InChI=1S/C14H21NO3S/c1-12-2-4-14(5-3-12)19(16,17)11-8-15-13-6-9-18-10-7-13/h2-5,13,15H,6-11H2,1H3. The maximum atomic E-state index is 12.1. The number of sulfone groups is 1. The van der Waals surface area contributed by atoms with Crippen LogP contribution in [0.5, 0.6) is 0 Å². The second-order valence-corrected chi connectivity index (χ2v) is 7.08. The van der Waals surface area contributed by atoms with Crippen LogP contribution in [0.2, 0.25) is 0 Å². The number of hydrogen-bond acceptors (Lipinski definition) is 4. The van der Waals surface area contributed by atoms with Crippen LogP contribution >= 0.6 is 0 Å². The van der Waals surface area contributed by atoms with Crippen LogP contribution in [-0.2, 0) is 14.6 Å². The van der Waals surface area contributed by atoms with Gasteiger partial charge in [-0.15, -0.1) is 0 Å². The van der Waals surface area contributed by atoms with Gasteiger partial charge in [-0.3, -0.25) is 0 Å². The number of rotatable bonds is 5. The van der Waals surface area contributed by atoms with Crippen molar-refractivity contribution in [1.82, 2.24) is 5.32 Å². The number of nitrogens with one attached hydrogen (secondary N) is 1. The van der Waals surface area contributed by atoms with Crippen molar-refractivity contribution in [3.05, 3.63) is 29.8 Å². The highest BCUT2D eigenvalue weighted by Gasteiger charge is 2.16. The summed E-state index contributed by atoms with van der Waals surface area (Å²) in [7, 11) is -3.17. The van der Waals surface area contributed by atoms with Crippen LogP contribution in [0.1, 0.15) is 18.4 Å². The SMILES string of the molecule is Cc1ccc(S(=O)(=O)CCNC2CCOCC2)cc1. The van der Waals surface area contributed by atoms with Crippen molar-refractivity contribution in [1.29, 1.82) is 0 Å². The number of hydrogen-bond donors (Lipinski definition) is 1. The molecule has 5 heteroatoms. The molecule has 1 aromatic carbocycles. The van der Waals surface area contributed by atoms with Crippen LogP contribution in [0.3, 0.4) is 0 Å². The smallest absolute Gasteiger partial charge is 0.179 e. The number of benzene rings is 1. The third kappa shape index (κ3) is 4.30. The molecule has 19 heavy (non-hydrogen) atoms. The van der Waals surface area contributed by atoms with Gasteiger partial charge in [0.1, 0.15) is 0 Å². The van der Waals surface area contributed by atoms with Gasteiger partial charge < -0.3 is 10.1 Å². The average molecular weight is 283 g/mol. The fourth-order valence-corrected chi connectivity index (χ4v) is 3.34. The molecule has 106 valence electrons. The van der Waals surface area contributed by atoms with Gasteiger partial charge in [-0.2, -0.15) is 0 Å². The molecule has 1 aliphatic heterocycles. The van der Waals surface area contributed by atoms with E-state index in [0.717, 1.165) is 31.6 Å².